The lowest BCUT2D eigenvalue weighted by molar-refractivity contribution is -0.116. The zero-order chi connectivity index (χ0) is 16.8. The van der Waals surface area contributed by atoms with Crippen molar-refractivity contribution in [2.75, 3.05) is 0 Å². The Morgan fingerprint density at radius 3 is 2.62 bits per heavy atom. The predicted molar refractivity (Wildman–Crippen MR) is 91.8 cm³/mol. The van der Waals surface area contributed by atoms with Crippen molar-refractivity contribution in [3.8, 4) is 11.4 Å². The number of aromatic nitrogens is 2. The van der Waals surface area contributed by atoms with E-state index in [4.69, 9.17) is 4.52 Å². The molecule has 5 heteroatoms. The third-order valence-corrected chi connectivity index (χ3v) is 3.42. The molecule has 3 rings (SSSR count). The number of aryl methyl sites for hydroxylation is 1. The first-order chi connectivity index (χ1) is 11.7. The third-order valence-electron chi connectivity index (χ3n) is 3.42. The summed E-state index contributed by atoms with van der Waals surface area (Å²) in [6, 6.07) is 17.5. The molecule has 1 amide bonds. The van der Waals surface area contributed by atoms with E-state index in [1.54, 1.807) is 6.08 Å². The van der Waals surface area contributed by atoms with E-state index < -0.39 is 0 Å². The van der Waals surface area contributed by atoms with E-state index in [0.717, 1.165) is 11.1 Å². The Kier molecular flexibility index (Phi) is 4.81. The highest BCUT2D eigenvalue weighted by Gasteiger charge is 2.08. The lowest BCUT2D eigenvalue weighted by Gasteiger charge is -1.97. The van der Waals surface area contributed by atoms with Crippen LogP contribution in [0.2, 0.25) is 0 Å². The Balaban J connectivity index is 1.55. The van der Waals surface area contributed by atoms with Gasteiger partial charge in [-0.15, -0.1) is 0 Å². The van der Waals surface area contributed by atoms with E-state index in [1.807, 2.05) is 61.5 Å². The van der Waals surface area contributed by atoms with E-state index in [-0.39, 0.29) is 12.5 Å². The van der Waals surface area contributed by atoms with Crippen LogP contribution in [-0.2, 0) is 11.3 Å². The number of carbonyl (C=O) groups is 1. The Morgan fingerprint density at radius 1 is 1.12 bits per heavy atom. The van der Waals surface area contributed by atoms with Crippen molar-refractivity contribution in [1.29, 1.82) is 0 Å². The van der Waals surface area contributed by atoms with Crippen molar-refractivity contribution in [2.24, 2.45) is 0 Å². The molecule has 0 bridgehead atoms. The molecule has 0 aliphatic rings. The molecule has 0 saturated heterocycles. The Hall–Kier alpha value is -3.21. The lowest BCUT2D eigenvalue weighted by Crippen LogP contribution is -2.20. The standard InChI is InChI=1S/C19H17N3O2/c1-14-7-9-15(10-8-14)11-12-17(23)20-13-18-21-19(22-24-18)16-5-3-2-4-6-16/h2-12H,13H2,1H3,(H,20,23)/b12-11+. The molecule has 1 N–H and O–H groups in total. The lowest BCUT2D eigenvalue weighted by atomic mass is 10.1. The van der Waals surface area contributed by atoms with Gasteiger partial charge in [-0.25, -0.2) is 0 Å². The number of hydrogen-bond donors (Lipinski definition) is 1. The van der Waals surface area contributed by atoms with Crippen LogP contribution < -0.4 is 5.32 Å². The number of carbonyl (C=O) groups excluding carboxylic acids is 1. The highest BCUT2D eigenvalue weighted by molar-refractivity contribution is 5.91. The molecule has 0 atom stereocenters. The number of rotatable bonds is 5. The van der Waals surface area contributed by atoms with E-state index >= 15 is 0 Å². The van der Waals surface area contributed by atoms with Gasteiger partial charge in [0.25, 0.3) is 0 Å². The van der Waals surface area contributed by atoms with Crippen LogP contribution in [0, 0.1) is 6.92 Å². The summed E-state index contributed by atoms with van der Waals surface area (Å²) in [4.78, 5) is 16.1. The molecule has 1 aromatic heterocycles. The summed E-state index contributed by atoms with van der Waals surface area (Å²) < 4.78 is 5.15. The van der Waals surface area contributed by atoms with Crippen LogP contribution in [0.15, 0.2) is 65.2 Å². The fraction of sp³-hybridized carbons (Fsp3) is 0.105. The van der Waals surface area contributed by atoms with Gasteiger partial charge in [0.1, 0.15) is 0 Å². The van der Waals surface area contributed by atoms with Crippen LogP contribution >= 0.6 is 0 Å². The van der Waals surface area contributed by atoms with Crippen molar-refractivity contribution in [3.05, 3.63) is 77.7 Å². The molecule has 0 radical (unpaired) electrons. The van der Waals surface area contributed by atoms with Gasteiger partial charge in [-0.3, -0.25) is 4.79 Å². The molecule has 0 spiro atoms. The average molecular weight is 319 g/mol. The molecular weight excluding hydrogens is 302 g/mol. The van der Waals surface area contributed by atoms with Gasteiger partial charge in [0.2, 0.25) is 17.6 Å². The maximum atomic E-state index is 11.8. The van der Waals surface area contributed by atoms with Gasteiger partial charge >= 0.3 is 0 Å². The van der Waals surface area contributed by atoms with Crippen LogP contribution in [-0.4, -0.2) is 16.0 Å². The summed E-state index contributed by atoms with van der Waals surface area (Å²) in [5.74, 6) is 0.663. The number of nitrogens with zero attached hydrogens (tertiary/aromatic N) is 2. The monoisotopic (exact) mass is 319 g/mol. The normalized spacial score (nSPS) is 10.9. The fourth-order valence-corrected chi connectivity index (χ4v) is 2.10. The summed E-state index contributed by atoms with van der Waals surface area (Å²) in [6.45, 7) is 2.21. The first kappa shape index (κ1) is 15.7. The van der Waals surface area contributed by atoms with E-state index in [2.05, 4.69) is 15.5 Å². The Morgan fingerprint density at radius 2 is 1.88 bits per heavy atom. The molecule has 2 aromatic carbocycles. The second kappa shape index (κ2) is 7.37. The molecule has 3 aromatic rings. The average Bonchev–Trinajstić information content (AvgIpc) is 3.09. The summed E-state index contributed by atoms with van der Waals surface area (Å²) >= 11 is 0. The van der Waals surface area contributed by atoms with Crippen LogP contribution in [0.25, 0.3) is 17.5 Å². The molecule has 1 heterocycles. The highest BCUT2D eigenvalue weighted by Crippen LogP contribution is 2.14. The Labute approximate surface area is 140 Å². The van der Waals surface area contributed by atoms with Gasteiger partial charge in [0.15, 0.2) is 0 Å². The number of hydrogen-bond acceptors (Lipinski definition) is 4. The summed E-state index contributed by atoms with van der Waals surface area (Å²) in [7, 11) is 0. The number of benzene rings is 2. The van der Waals surface area contributed by atoms with Gasteiger partial charge in [0, 0.05) is 11.6 Å². The van der Waals surface area contributed by atoms with Gasteiger partial charge in [0.05, 0.1) is 6.54 Å². The minimum absolute atomic E-state index is 0.191. The maximum Gasteiger partial charge on any atom is 0.246 e. The van der Waals surface area contributed by atoms with Crippen molar-refractivity contribution in [3.63, 3.8) is 0 Å². The number of amides is 1. The predicted octanol–water partition coefficient (Wildman–Crippen LogP) is 3.37. The maximum absolute atomic E-state index is 11.8. The van der Waals surface area contributed by atoms with Gasteiger partial charge in [-0.05, 0) is 18.6 Å². The molecule has 0 saturated carbocycles. The molecule has 0 unspecified atom stereocenters. The van der Waals surface area contributed by atoms with E-state index in [1.165, 1.54) is 11.6 Å². The highest BCUT2D eigenvalue weighted by atomic mass is 16.5. The van der Waals surface area contributed by atoms with Crippen molar-refractivity contribution in [2.45, 2.75) is 13.5 Å². The van der Waals surface area contributed by atoms with E-state index in [0.29, 0.717) is 11.7 Å². The molecule has 120 valence electrons. The molecule has 0 aliphatic heterocycles. The van der Waals surface area contributed by atoms with Crippen molar-refractivity contribution < 1.29 is 9.32 Å². The first-order valence-corrected chi connectivity index (χ1v) is 7.61. The van der Waals surface area contributed by atoms with Gasteiger partial charge in [-0.1, -0.05) is 65.3 Å². The van der Waals surface area contributed by atoms with Gasteiger partial charge in [-0.2, -0.15) is 4.98 Å². The second-order valence-corrected chi connectivity index (χ2v) is 5.34. The zero-order valence-corrected chi connectivity index (χ0v) is 13.3. The zero-order valence-electron chi connectivity index (χ0n) is 13.3. The topological polar surface area (TPSA) is 68.0 Å². The van der Waals surface area contributed by atoms with Crippen LogP contribution in [0.3, 0.4) is 0 Å². The van der Waals surface area contributed by atoms with Crippen LogP contribution in [0.4, 0.5) is 0 Å². The molecule has 5 nitrogen and oxygen atoms in total. The molecule has 24 heavy (non-hydrogen) atoms. The van der Waals surface area contributed by atoms with Crippen molar-refractivity contribution in [1.82, 2.24) is 15.5 Å². The van der Waals surface area contributed by atoms with Crippen LogP contribution in [0.1, 0.15) is 17.0 Å². The minimum atomic E-state index is -0.213. The van der Waals surface area contributed by atoms with Gasteiger partial charge < -0.3 is 9.84 Å². The largest absolute Gasteiger partial charge is 0.343 e. The molecule has 0 aliphatic carbocycles. The first-order valence-electron chi connectivity index (χ1n) is 7.61. The second-order valence-electron chi connectivity index (χ2n) is 5.34. The van der Waals surface area contributed by atoms with Crippen LogP contribution in [0.5, 0.6) is 0 Å². The SMILES string of the molecule is Cc1ccc(/C=C/C(=O)NCc2nc(-c3ccccc3)no2)cc1. The molecule has 0 fully saturated rings. The minimum Gasteiger partial charge on any atom is -0.343 e. The third kappa shape index (κ3) is 4.16. The smallest absolute Gasteiger partial charge is 0.246 e. The number of nitrogens with one attached hydrogen (secondary N) is 1. The van der Waals surface area contributed by atoms with E-state index in [9.17, 15) is 4.79 Å². The summed E-state index contributed by atoms with van der Waals surface area (Å²) in [6.07, 6.45) is 3.25. The van der Waals surface area contributed by atoms with Crippen molar-refractivity contribution >= 4 is 12.0 Å². The fourth-order valence-electron chi connectivity index (χ4n) is 2.10. The quantitative estimate of drug-likeness (QED) is 0.732. The molecular formula is C19H17N3O2. The Bertz CT molecular complexity index is 837. The summed E-state index contributed by atoms with van der Waals surface area (Å²) in [5.41, 5.74) is 3.03. The summed E-state index contributed by atoms with van der Waals surface area (Å²) in [5, 5.41) is 6.63.